The minimum atomic E-state index is -4.62. The van der Waals surface area contributed by atoms with Crippen LogP contribution >= 0.6 is 0 Å². The van der Waals surface area contributed by atoms with Gasteiger partial charge in [0.25, 0.3) is 21.6 Å². The minimum absolute atomic E-state index is 0.0263. The zero-order chi connectivity index (χ0) is 28.3. The fourth-order valence-corrected chi connectivity index (χ4v) is 5.71. The van der Waals surface area contributed by atoms with Gasteiger partial charge in [-0.25, -0.2) is 17.5 Å². The Morgan fingerprint density at radius 1 is 1.02 bits per heavy atom. The maximum Gasteiger partial charge on any atom is 0.295 e. The Balaban J connectivity index is 1.33. The Morgan fingerprint density at radius 3 is 2.50 bits per heavy atom. The van der Waals surface area contributed by atoms with Gasteiger partial charge in [-0.1, -0.05) is 66.7 Å². The van der Waals surface area contributed by atoms with Crippen LogP contribution in [0.3, 0.4) is 0 Å². The van der Waals surface area contributed by atoms with Gasteiger partial charge in [0, 0.05) is 18.1 Å². The maximum absolute atomic E-state index is 15.4. The Bertz CT molecular complexity index is 1690. The lowest BCUT2D eigenvalue weighted by Gasteiger charge is -2.23. The number of nitro benzene ring substituents is 1. The molecule has 0 radical (unpaired) electrons. The van der Waals surface area contributed by atoms with Gasteiger partial charge in [0.1, 0.15) is 5.69 Å². The van der Waals surface area contributed by atoms with Crippen molar-refractivity contribution < 1.29 is 22.5 Å². The van der Waals surface area contributed by atoms with Crippen molar-refractivity contribution in [2.75, 3.05) is 5.43 Å². The largest absolute Gasteiger partial charge is 0.295 e. The average molecular weight is 561 g/mol. The van der Waals surface area contributed by atoms with E-state index in [0.29, 0.717) is 12.0 Å². The number of hydrazone groups is 1. The van der Waals surface area contributed by atoms with Crippen molar-refractivity contribution in [2.24, 2.45) is 5.10 Å². The number of alkyl halides is 1. The highest BCUT2D eigenvalue weighted by Gasteiger charge is 2.39. The summed E-state index contributed by atoms with van der Waals surface area (Å²) in [6.07, 6.45) is 6.04. The van der Waals surface area contributed by atoms with Crippen LogP contribution in [0.15, 0.2) is 101 Å². The second-order valence-corrected chi connectivity index (χ2v) is 11.2. The van der Waals surface area contributed by atoms with E-state index in [1.54, 1.807) is 4.72 Å². The van der Waals surface area contributed by atoms with Crippen LogP contribution in [0.1, 0.15) is 36.0 Å². The van der Waals surface area contributed by atoms with Crippen molar-refractivity contribution in [2.45, 2.75) is 36.2 Å². The van der Waals surface area contributed by atoms with E-state index in [9.17, 15) is 23.3 Å². The number of anilines is 1. The van der Waals surface area contributed by atoms with Gasteiger partial charge in [0.05, 0.1) is 15.5 Å². The van der Waals surface area contributed by atoms with Crippen LogP contribution in [-0.2, 0) is 21.2 Å². The first-order valence-corrected chi connectivity index (χ1v) is 14.0. The van der Waals surface area contributed by atoms with E-state index in [1.807, 2.05) is 54.6 Å². The molecule has 204 valence electrons. The molecule has 40 heavy (non-hydrogen) atoms. The molecule has 5 rings (SSSR count). The van der Waals surface area contributed by atoms with Crippen LogP contribution in [-0.4, -0.2) is 30.6 Å². The smallest absolute Gasteiger partial charge is 0.271 e. The van der Waals surface area contributed by atoms with E-state index in [-0.39, 0.29) is 12.1 Å². The number of amides is 1. The summed E-state index contributed by atoms with van der Waals surface area (Å²) in [4.78, 5) is 23.2. The van der Waals surface area contributed by atoms with E-state index < -0.39 is 37.1 Å². The van der Waals surface area contributed by atoms with Gasteiger partial charge >= 0.3 is 0 Å². The number of aryl methyl sites for hydroxylation is 1. The maximum atomic E-state index is 15.4. The fourth-order valence-electron chi connectivity index (χ4n) is 4.66. The highest BCUT2D eigenvalue weighted by atomic mass is 32.2. The van der Waals surface area contributed by atoms with Crippen molar-refractivity contribution in [3.8, 4) is 0 Å². The molecule has 1 atom stereocenters. The molecule has 3 aromatic rings. The first-order valence-electron chi connectivity index (χ1n) is 12.6. The Hall–Kier alpha value is -4.64. The van der Waals surface area contributed by atoms with Crippen molar-refractivity contribution in [1.82, 2.24) is 4.72 Å². The third-order valence-electron chi connectivity index (χ3n) is 6.83. The summed E-state index contributed by atoms with van der Waals surface area (Å²) in [5, 5.41) is 16.1. The van der Waals surface area contributed by atoms with E-state index in [4.69, 9.17) is 0 Å². The summed E-state index contributed by atoms with van der Waals surface area (Å²) in [6.45, 7) is 0. The number of fused-ring (bicyclic) bond motifs is 1. The summed E-state index contributed by atoms with van der Waals surface area (Å²) in [5.41, 5.74) is 3.83. The summed E-state index contributed by atoms with van der Waals surface area (Å²) in [7, 11) is -4.62. The number of benzene rings is 3. The van der Waals surface area contributed by atoms with Gasteiger partial charge in [0.15, 0.2) is 0 Å². The Labute approximate surface area is 230 Å². The van der Waals surface area contributed by atoms with Crippen molar-refractivity contribution in [3.63, 3.8) is 0 Å². The van der Waals surface area contributed by atoms with Crippen LogP contribution in [0.5, 0.6) is 0 Å². The number of hydrogen-bond donors (Lipinski definition) is 2. The number of halogens is 1. The van der Waals surface area contributed by atoms with Crippen LogP contribution < -0.4 is 10.1 Å². The average Bonchev–Trinajstić information content (AvgIpc) is 2.96. The molecule has 11 heteroatoms. The molecule has 0 saturated heterocycles. The molecule has 0 heterocycles. The molecule has 0 aliphatic heterocycles. The lowest BCUT2D eigenvalue weighted by Crippen LogP contribution is -2.45. The molecule has 2 N–H and O–H groups in total. The van der Waals surface area contributed by atoms with Crippen LogP contribution in [0.2, 0.25) is 0 Å². The number of hydrogen-bond acceptors (Lipinski definition) is 7. The molecular formula is C29H25FN4O5S. The molecular weight excluding hydrogens is 535 g/mol. The third-order valence-corrected chi connectivity index (χ3v) is 8.16. The zero-order valence-electron chi connectivity index (χ0n) is 21.2. The van der Waals surface area contributed by atoms with Crippen molar-refractivity contribution in [3.05, 3.63) is 118 Å². The predicted molar refractivity (Wildman–Crippen MR) is 150 cm³/mol. The topological polar surface area (TPSA) is 131 Å². The molecule has 0 fully saturated rings. The summed E-state index contributed by atoms with van der Waals surface area (Å²) in [5.74, 6) is -1.39. The summed E-state index contributed by atoms with van der Waals surface area (Å²) in [6, 6.07) is 20.0. The molecule has 1 amide bonds. The number of carbonyl (C=O) groups excluding carboxylic acids is 1. The van der Waals surface area contributed by atoms with Crippen LogP contribution in [0, 0.1) is 10.1 Å². The number of rotatable bonds is 7. The second kappa shape index (κ2) is 10.9. The van der Waals surface area contributed by atoms with Gasteiger partial charge < -0.3 is 0 Å². The quantitative estimate of drug-likeness (QED) is 0.298. The third kappa shape index (κ3) is 5.55. The van der Waals surface area contributed by atoms with Gasteiger partial charge in [-0.05, 0) is 54.2 Å². The molecule has 1 unspecified atom stereocenters. The minimum Gasteiger partial charge on any atom is -0.271 e. The summed E-state index contributed by atoms with van der Waals surface area (Å²) >= 11 is 0. The molecule has 9 nitrogen and oxygen atoms in total. The van der Waals surface area contributed by atoms with E-state index >= 15 is 4.39 Å². The first kappa shape index (κ1) is 26.9. The lowest BCUT2D eigenvalue weighted by atomic mass is 9.90. The van der Waals surface area contributed by atoms with E-state index in [0.717, 1.165) is 53.5 Å². The van der Waals surface area contributed by atoms with Gasteiger partial charge in [-0.15, -0.1) is 0 Å². The fraction of sp³-hybridized carbons (Fsp3) is 0.172. The lowest BCUT2D eigenvalue weighted by molar-refractivity contribution is -0.384. The standard InChI is InChI=1S/C29H25FN4O5S/c30-29(17-15-21(16-18-29)20-7-2-1-3-8-20)28(35)33-40(38,39)23-13-14-26(27(19-23)34(36)37)32-31-25-12-6-10-22-9-4-5-11-24(22)25/h1-5,7-9,11,13-17,19,32H,6,10,12,18H2,(H,33,35)/b31-25+. The molecule has 0 saturated carbocycles. The predicted octanol–water partition coefficient (Wildman–Crippen LogP) is 5.30. The molecule has 0 spiro atoms. The molecule has 2 aliphatic rings. The number of nitrogens with zero attached hydrogens (tertiary/aromatic N) is 2. The normalized spacial score (nSPS) is 19.4. The Morgan fingerprint density at radius 2 is 1.77 bits per heavy atom. The zero-order valence-corrected chi connectivity index (χ0v) is 22.0. The number of nitro groups is 1. The van der Waals surface area contributed by atoms with Crippen LogP contribution in [0.4, 0.5) is 15.8 Å². The SMILES string of the molecule is O=C(NS(=O)(=O)c1ccc(N/N=C2\CCCc3ccccc32)c([N+](=O)[O-])c1)C1(F)C=CC(c2ccccc2)=CC1. The molecule has 0 aromatic heterocycles. The van der Waals surface area contributed by atoms with Gasteiger partial charge in [0.2, 0.25) is 5.67 Å². The monoisotopic (exact) mass is 560 g/mol. The van der Waals surface area contributed by atoms with Crippen LogP contribution in [0.25, 0.3) is 5.57 Å². The number of allylic oxidation sites excluding steroid dienone is 3. The number of nitrogens with one attached hydrogen (secondary N) is 2. The van der Waals surface area contributed by atoms with Gasteiger partial charge in [-0.2, -0.15) is 5.10 Å². The van der Waals surface area contributed by atoms with Crippen molar-refractivity contribution >= 4 is 38.6 Å². The van der Waals surface area contributed by atoms with Gasteiger partial charge in [-0.3, -0.25) is 20.3 Å². The first-order chi connectivity index (χ1) is 19.2. The molecule has 2 aliphatic carbocycles. The number of sulfonamides is 1. The van der Waals surface area contributed by atoms with Crippen molar-refractivity contribution in [1.29, 1.82) is 0 Å². The second-order valence-electron chi connectivity index (χ2n) is 9.48. The highest BCUT2D eigenvalue weighted by Crippen LogP contribution is 2.32. The Kier molecular flexibility index (Phi) is 7.31. The van der Waals surface area contributed by atoms with E-state index in [1.165, 1.54) is 18.2 Å². The molecule has 3 aromatic carbocycles. The number of carbonyl (C=O) groups is 1. The highest BCUT2D eigenvalue weighted by molar-refractivity contribution is 7.90. The van der Waals surface area contributed by atoms with E-state index in [2.05, 4.69) is 10.5 Å². The molecule has 0 bridgehead atoms. The summed E-state index contributed by atoms with van der Waals surface area (Å²) < 4.78 is 43.0.